The molecule has 4 aromatic rings. The zero-order chi connectivity index (χ0) is 30.5. The number of nitrogens with zero attached hydrogens (tertiary/aromatic N) is 7. The first kappa shape index (κ1) is 28.7. The van der Waals surface area contributed by atoms with E-state index in [0.29, 0.717) is 22.6 Å². The van der Waals surface area contributed by atoms with Crippen LogP contribution in [0.5, 0.6) is 0 Å². The highest BCUT2D eigenvalue weighted by molar-refractivity contribution is 5.92. The topological polar surface area (TPSA) is 128 Å². The number of hydrogen-bond acceptors (Lipinski definition) is 7. The lowest BCUT2D eigenvalue weighted by atomic mass is 10.0. The predicted molar refractivity (Wildman–Crippen MR) is 158 cm³/mol. The molecule has 0 bridgehead atoms. The van der Waals surface area contributed by atoms with Crippen molar-refractivity contribution in [1.82, 2.24) is 24.4 Å². The lowest BCUT2D eigenvalue weighted by Gasteiger charge is -2.44. The van der Waals surface area contributed by atoms with Gasteiger partial charge in [0.2, 0.25) is 0 Å². The fourth-order valence-corrected chi connectivity index (χ4v) is 5.82. The van der Waals surface area contributed by atoms with Crippen LogP contribution in [0.1, 0.15) is 56.0 Å². The van der Waals surface area contributed by atoms with Gasteiger partial charge in [-0.1, -0.05) is 25.5 Å². The number of carboxylic acid groups (broad SMARTS) is 1. The smallest absolute Gasteiger partial charge is 0.407 e. The lowest BCUT2D eigenvalue weighted by Crippen LogP contribution is -2.58. The number of aromatic nitrogens is 4. The number of rotatable bonds is 4. The zero-order valence-electron chi connectivity index (χ0n) is 24.4. The molecular formula is C31H32FN7O3. The number of hydrogen-bond donors (Lipinski definition) is 1. The molecule has 4 heterocycles. The molecule has 216 valence electrons. The van der Waals surface area contributed by atoms with Crippen molar-refractivity contribution >= 4 is 22.9 Å². The van der Waals surface area contributed by atoms with Crippen LogP contribution in [-0.2, 0) is 0 Å². The average Bonchev–Trinajstić information content (AvgIpc) is 2.93. The highest BCUT2D eigenvalue weighted by Gasteiger charge is 2.35. The van der Waals surface area contributed by atoms with E-state index in [9.17, 15) is 20.0 Å². The van der Waals surface area contributed by atoms with Crippen molar-refractivity contribution in [1.29, 1.82) is 5.26 Å². The van der Waals surface area contributed by atoms with Crippen LogP contribution in [0, 0.1) is 31.0 Å². The average molecular weight is 570 g/mol. The van der Waals surface area contributed by atoms with E-state index in [1.165, 1.54) is 15.5 Å². The molecule has 0 unspecified atom stereocenters. The van der Waals surface area contributed by atoms with E-state index in [2.05, 4.69) is 16.0 Å². The van der Waals surface area contributed by atoms with Crippen molar-refractivity contribution in [3.8, 4) is 23.0 Å². The van der Waals surface area contributed by atoms with E-state index in [1.807, 2.05) is 46.4 Å². The van der Waals surface area contributed by atoms with E-state index in [1.54, 1.807) is 30.5 Å². The van der Waals surface area contributed by atoms with Crippen molar-refractivity contribution < 1.29 is 14.3 Å². The van der Waals surface area contributed by atoms with E-state index in [4.69, 9.17) is 4.98 Å². The van der Waals surface area contributed by atoms with Gasteiger partial charge in [-0.2, -0.15) is 10.2 Å². The summed E-state index contributed by atoms with van der Waals surface area (Å²) in [6, 6.07) is 9.48. The first-order valence-electron chi connectivity index (χ1n) is 13.8. The van der Waals surface area contributed by atoms with Gasteiger partial charge in [0.05, 0.1) is 28.0 Å². The molecule has 0 radical (unpaired) electrons. The molecule has 10 nitrogen and oxygen atoms in total. The molecule has 0 spiro atoms. The number of halogens is 1. The predicted octanol–water partition coefficient (Wildman–Crippen LogP) is 5.17. The summed E-state index contributed by atoms with van der Waals surface area (Å²) < 4.78 is 16.6. The van der Waals surface area contributed by atoms with Gasteiger partial charge in [0, 0.05) is 36.9 Å². The van der Waals surface area contributed by atoms with Crippen molar-refractivity contribution in [3.05, 3.63) is 75.2 Å². The highest BCUT2D eigenvalue weighted by Crippen LogP contribution is 2.35. The molecule has 3 aromatic heterocycles. The summed E-state index contributed by atoms with van der Waals surface area (Å²) in [5.41, 5.74) is 2.74. The second kappa shape index (κ2) is 10.9. The SMILES string of the molecule is Cc1ccc(F)c(-c2nc3c(cc2C#N)c(N2[C@@H](C)CN(C(=O)O)C[C@@H]2C)nc(=O)n3-c2c(C)ccnc2C(C)C)c1. The van der Waals surface area contributed by atoms with E-state index >= 15 is 4.39 Å². The maximum absolute atomic E-state index is 15.2. The van der Waals surface area contributed by atoms with Gasteiger partial charge in [0.25, 0.3) is 0 Å². The molecule has 1 N–H and O–H groups in total. The van der Waals surface area contributed by atoms with Crippen LogP contribution in [0.25, 0.3) is 28.0 Å². The fourth-order valence-electron chi connectivity index (χ4n) is 5.82. The Kier molecular flexibility index (Phi) is 7.41. The molecule has 1 amide bonds. The van der Waals surface area contributed by atoms with Gasteiger partial charge in [-0.3, -0.25) is 4.98 Å². The molecule has 5 rings (SSSR count). The minimum absolute atomic E-state index is 0.0438. The van der Waals surface area contributed by atoms with Crippen molar-refractivity contribution in [2.24, 2.45) is 0 Å². The molecule has 11 heteroatoms. The molecule has 1 aliphatic rings. The van der Waals surface area contributed by atoms with Crippen LogP contribution in [0.2, 0.25) is 0 Å². The maximum Gasteiger partial charge on any atom is 0.407 e. The van der Waals surface area contributed by atoms with Crippen LogP contribution in [0.15, 0.2) is 41.3 Å². The van der Waals surface area contributed by atoms with Crippen molar-refractivity contribution in [3.63, 3.8) is 0 Å². The molecule has 1 saturated heterocycles. The maximum atomic E-state index is 15.2. The summed E-state index contributed by atoms with van der Waals surface area (Å²) in [5.74, 6) is -0.290. The largest absolute Gasteiger partial charge is 0.465 e. The molecule has 42 heavy (non-hydrogen) atoms. The number of fused-ring (bicyclic) bond motifs is 1. The second-order valence-corrected chi connectivity index (χ2v) is 11.2. The highest BCUT2D eigenvalue weighted by atomic mass is 19.1. The standard InChI is InChI=1S/C31H32FN7O3/c1-16(2)25-27(18(4)9-10-34-25)39-28-23(12-21(13-33)26(35-28)22-11-17(3)7-8-24(22)32)29(36-30(39)40)38-19(5)14-37(31(41)42)15-20(38)6/h7-12,16,19-20H,14-15H2,1-6H3,(H,41,42)/t19-,20-/m0/s1. The number of benzene rings is 1. The lowest BCUT2D eigenvalue weighted by molar-refractivity contribution is 0.128. The summed E-state index contributed by atoms with van der Waals surface area (Å²) in [4.78, 5) is 43.0. The van der Waals surface area contributed by atoms with Gasteiger partial charge < -0.3 is 14.9 Å². The minimum Gasteiger partial charge on any atom is -0.465 e. The third-order valence-electron chi connectivity index (χ3n) is 7.70. The van der Waals surface area contributed by atoms with Crippen molar-refractivity contribution in [2.75, 3.05) is 18.0 Å². The van der Waals surface area contributed by atoms with Crippen LogP contribution >= 0.6 is 0 Å². The van der Waals surface area contributed by atoms with Crippen LogP contribution in [0.4, 0.5) is 15.0 Å². The monoisotopic (exact) mass is 569 g/mol. The normalized spacial score (nSPS) is 17.1. The first-order chi connectivity index (χ1) is 19.9. The zero-order valence-corrected chi connectivity index (χ0v) is 24.4. The summed E-state index contributed by atoms with van der Waals surface area (Å²) in [7, 11) is 0. The Morgan fingerprint density at radius 2 is 1.81 bits per heavy atom. The Morgan fingerprint density at radius 1 is 1.12 bits per heavy atom. The molecular weight excluding hydrogens is 537 g/mol. The summed E-state index contributed by atoms with van der Waals surface area (Å²) in [6.07, 6.45) is 0.664. The molecule has 1 aromatic carbocycles. The summed E-state index contributed by atoms with van der Waals surface area (Å²) in [6.45, 7) is 11.8. The molecule has 0 aliphatic carbocycles. The molecule has 1 fully saturated rings. The van der Waals surface area contributed by atoms with Gasteiger partial charge in [0.1, 0.15) is 17.7 Å². The van der Waals surface area contributed by atoms with Crippen LogP contribution in [0.3, 0.4) is 0 Å². The third kappa shape index (κ3) is 4.83. The van der Waals surface area contributed by atoms with Crippen LogP contribution < -0.4 is 10.6 Å². The first-order valence-corrected chi connectivity index (χ1v) is 13.8. The number of pyridine rings is 2. The Bertz CT molecular complexity index is 1820. The van der Waals surface area contributed by atoms with Gasteiger partial charge in [-0.25, -0.2) is 23.5 Å². The Hall–Kier alpha value is -4.85. The Morgan fingerprint density at radius 3 is 2.43 bits per heavy atom. The van der Waals surface area contributed by atoms with Crippen molar-refractivity contribution in [2.45, 2.75) is 59.5 Å². The minimum atomic E-state index is -1.02. The molecule has 2 atom stereocenters. The molecule has 1 aliphatic heterocycles. The van der Waals surface area contributed by atoms with Gasteiger partial charge in [0.15, 0.2) is 5.65 Å². The Balaban J connectivity index is 1.90. The van der Waals surface area contributed by atoms with E-state index in [-0.39, 0.29) is 53.6 Å². The summed E-state index contributed by atoms with van der Waals surface area (Å²) in [5, 5.41) is 20.2. The third-order valence-corrected chi connectivity index (χ3v) is 7.70. The van der Waals surface area contributed by atoms with E-state index < -0.39 is 17.6 Å². The van der Waals surface area contributed by atoms with Crippen LogP contribution in [-0.4, -0.2) is 60.8 Å². The fraction of sp³-hybridized carbons (Fsp3) is 0.355. The second-order valence-electron chi connectivity index (χ2n) is 11.2. The van der Waals surface area contributed by atoms with Gasteiger partial charge >= 0.3 is 11.8 Å². The van der Waals surface area contributed by atoms with Gasteiger partial charge in [-0.05, 0) is 63.4 Å². The Labute approximate surface area is 242 Å². The number of nitriles is 1. The molecule has 0 saturated carbocycles. The number of amides is 1. The summed E-state index contributed by atoms with van der Waals surface area (Å²) >= 11 is 0. The number of anilines is 1. The number of piperazine rings is 1. The van der Waals surface area contributed by atoms with Gasteiger partial charge in [-0.15, -0.1) is 0 Å². The quantitative estimate of drug-likeness (QED) is 0.357. The number of carbonyl (C=O) groups is 1. The van der Waals surface area contributed by atoms with E-state index in [0.717, 1.165) is 11.1 Å². The number of aryl methyl sites for hydroxylation is 2.